The van der Waals surface area contributed by atoms with E-state index in [1.165, 1.54) is 18.2 Å². The first-order chi connectivity index (χ1) is 14.7. The number of unbranched alkanes of at least 4 members (excludes halogenated alkanes) is 2. The molecular weight excluding hydrogens is 413 g/mol. The molecule has 1 saturated carbocycles. The molecule has 0 aliphatic heterocycles. The fourth-order valence-corrected chi connectivity index (χ4v) is 3.65. The quantitative estimate of drug-likeness (QED) is 0.277. The van der Waals surface area contributed by atoms with Crippen LogP contribution in [0, 0.1) is 11.8 Å². The van der Waals surface area contributed by atoms with E-state index < -0.39 is 30.1 Å². The maximum Gasteiger partial charge on any atom is 0.416 e. The van der Waals surface area contributed by atoms with Gasteiger partial charge in [0.25, 0.3) is 0 Å². The number of benzene rings is 1. The zero-order valence-corrected chi connectivity index (χ0v) is 17.1. The number of allylic oxidation sites excluding steroid dienone is 2. The molecule has 1 aromatic carbocycles. The highest BCUT2D eigenvalue weighted by atomic mass is 19.4. The van der Waals surface area contributed by atoms with E-state index in [0.29, 0.717) is 12.8 Å². The Morgan fingerprint density at radius 3 is 2.65 bits per heavy atom. The van der Waals surface area contributed by atoms with E-state index in [1.807, 2.05) is 12.2 Å². The maximum absolute atomic E-state index is 12.8. The number of aliphatic hydroxyl groups is 3. The van der Waals surface area contributed by atoms with Crippen LogP contribution in [-0.2, 0) is 11.0 Å². The van der Waals surface area contributed by atoms with Crippen molar-refractivity contribution in [2.45, 2.75) is 56.6 Å². The number of aliphatic hydroxyl groups excluding tert-OH is 3. The summed E-state index contributed by atoms with van der Waals surface area (Å²) < 4.78 is 43.5. The summed E-state index contributed by atoms with van der Waals surface area (Å²) in [5.41, 5.74) is -0.833. The highest BCUT2D eigenvalue weighted by Gasteiger charge is 2.39. The largest absolute Gasteiger partial charge is 0.491 e. The van der Waals surface area contributed by atoms with Gasteiger partial charge in [-0.05, 0) is 43.4 Å². The van der Waals surface area contributed by atoms with Crippen molar-refractivity contribution in [1.82, 2.24) is 0 Å². The summed E-state index contributed by atoms with van der Waals surface area (Å²) in [6.07, 6.45) is 3.60. The van der Waals surface area contributed by atoms with Crippen LogP contribution in [0.25, 0.3) is 0 Å². The van der Waals surface area contributed by atoms with Crippen LogP contribution in [0.15, 0.2) is 48.6 Å². The summed E-state index contributed by atoms with van der Waals surface area (Å²) in [5.74, 6) is -0.584. The van der Waals surface area contributed by atoms with Crippen LogP contribution in [0.3, 0.4) is 0 Å². The van der Waals surface area contributed by atoms with E-state index in [9.17, 15) is 33.3 Å². The molecule has 1 aliphatic rings. The van der Waals surface area contributed by atoms with Crippen LogP contribution in [0.5, 0.6) is 5.75 Å². The van der Waals surface area contributed by atoms with Crippen molar-refractivity contribution in [1.29, 1.82) is 0 Å². The second-order valence-electron chi connectivity index (χ2n) is 7.71. The third-order valence-electron chi connectivity index (χ3n) is 5.32. The van der Waals surface area contributed by atoms with Gasteiger partial charge in [0.2, 0.25) is 0 Å². The van der Waals surface area contributed by atoms with Gasteiger partial charge in [0.05, 0.1) is 17.8 Å². The Hall–Kier alpha value is -2.16. The standard InChI is InChI=1S/C23H29F3O5/c24-23(25,26)16-7-6-8-18(13-16)31-15-17(28)10-11-20-19(21(29)14-22(20)30)9-4-2-1-3-5-12-27/h2,4,6-8,10-13,17,19-22,28-30H,1,3,5,9,14-15H2/b4-2-,11-10+/t17-,19-,20?,21+,22-/m1/s1. The molecule has 0 saturated heterocycles. The molecule has 1 unspecified atom stereocenters. The van der Waals surface area contributed by atoms with Gasteiger partial charge in [-0.25, -0.2) is 0 Å². The summed E-state index contributed by atoms with van der Waals surface area (Å²) in [4.78, 5) is 10.3. The zero-order valence-electron chi connectivity index (χ0n) is 17.1. The molecular formula is C23H29F3O5. The molecule has 5 atom stereocenters. The SMILES string of the molecule is O=CCCC/C=C\C[C@@H]1C(/C=C/[C@@H](O)COc2cccc(C(F)(F)F)c2)[C@H](O)C[C@@H]1O. The number of rotatable bonds is 11. The number of hydrogen-bond acceptors (Lipinski definition) is 5. The number of alkyl halides is 3. The van der Waals surface area contributed by atoms with Crippen LogP contribution >= 0.6 is 0 Å². The summed E-state index contributed by atoms with van der Waals surface area (Å²) >= 11 is 0. The summed E-state index contributed by atoms with van der Waals surface area (Å²) in [6, 6.07) is 4.41. The van der Waals surface area contributed by atoms with E-state index >= 15 is 0 Å². The van der Waals surface area contributed by atoms with Gasteiger partial charge in [0.15, 0.2) is 0 Å². The van der Waals surface area contributed by atoms with Gasteiger partial charge in [-0.15, -0.1) is 0 Å². The Morgan fingerprint density at radius 1 is 1.16 bits per heavy atom. The van der Waals surface area contributed by atoms with E-state index in [-0.39, 0.29) is 30.6 Å². The summed E-state index contributed by atoms with van der Waals surface area (Å²) in [5, 5.41) is 30.6. The van der Waals surface area contributed by atoms with E-state index in [0.717, 1.165) is 31.3 Å². The van der Waals surface area contributed by atoms with Gasteiger partial charge in [-0.1, -0.05) is 30.4 Å². The normalized spacial score (nSPS) is 25.4. The monoisotopic (exact) mass is 442 g/mol. The molecule has 0 spiro atoms. The van der Waals surface area contributed by atoms with Gasteiger partial charge in [-0.2, -0.15) is 13.2 Å². The maximum atomic E-state index is 12.8. The Kier molecular flexibility index (Phi) is 9.74. The lowest BCUT2D eigenvalue weighted by molar-refractivity contribution is -0.137. The molecule has 0 heterocycles. The predicted octanol–water partition coefficient (Wildman–Crippen LogP) is 3.67. The number of hydrogen-bond donors (Lipinski definition) is 3. The molecule has 0 radical (unpaired) electrons. The molecule has 172 valence electrons. The van der Waals surface area contributed by atoms with E-state index in [2.05, 4.69) is 0 Å². The number of halogens is 3. The van der Waals surface area contributed by atoms with Crippen molar-refractivity contribution >= 4 is 6.29 Å². The average Bonchev–Trinajstić information content (AvgIpc) is 2.99. The molecule has 5 nitrogen and oxygen atoms in total. The van der Waals surface area contributed by atoms with Crippen molar-refractivity contribution in [2.24, 2.45) is 11.8 Å². The van der Waals surface area contributed by atoms with Crippen LogP contribution in [0.2, 0.25) is 0 Å². The molecule has 0 bridgehead atoms. The fraction of sp³-hybridized carbons (Fsp3) is 0.522. The molecule has 0 aromatic heterocycles. The highest BCUT2D eigenvalue weighted by Crippen LogP contribution is 2.36. The van der Waals surface area contributed by atoms with Crippen LogP contribution in [0.4, 0.5) is 13.2 Å². The Morgan fingerprint density at radius 2 is 1.94 bits per heavy atom. The number of carbonyl (C=O) groups excluding carboxylic acids is 1. The first kappa shape index (κ1) is 25.1. The number of aldehydes is 1. The molecule has 1 fully saturated rings. The summed E-state index contributed by atoms with van der Waals surface area (Å²) in [6.45, 7) is -0.246. The number of carbonyl (C=O) groups is 1. The smallest absolute Gasteiger partial charge is 0.416 e. The molecule has 8 heteroatoms. The minimum absolute atomic E-state index is 0.00353. The summed E-state index contributed by atoms with van der Waals surface area (Å²) in [7, 11) is 0. The van der Waals surface area contributed by atoms with Crippen molar-refractivity contribution in [3.05, 3.63) is 54.1 Å². The molecule has 3 N–H and O–H groups in total. The average molecular weight is 442 g/mol. The van der Waals surface area contributed by atoms with Crippen LogP contribution in [0.1, 0.15) is 37.7 Å². The molecule has 1 aromatic rings. The van der Waals surface area contributed by atoms with Crippen molar-refractivity contribution in [2.75, 3.05) is 6.61 Å². The lowest BCUT2D eigenvalue weighted by Crippen LogP contribution is -2.21. The molecule has 2 rings (SSSR count). The Labute approximate surface area is 179 Å². The Bertz CT molecular complexity index is 747. The Balaban J connectivity index is 1.88. The van der Waals surface area contributed by atoms with Gasteiger partial charge < -0.3 is 24.9 Å². The van der Waals surface area contributed by atoms with Crippen molar-refractivity contribution < 1.29 is 38.0 Å². The van der Waals surface area contributed by atoms with Gasteiger partial charge >= 0.3 is 6.18 Å². The highest BCUT2D eigenvalue weighted by molar-refractivity contribution is 5.49. The second kappa shape index (κ2) is 12.0. The third-order valence-corrected chi connectivity index (χ3v) is 5.32. The van der Waals surface area contributed by atoms with E-state index in [1.54, 1.807) is 6.08 Å². The second-order valence-corrected chi connectivity index (χ2v) is 7.71. The van der Waals surface area contributed by atoms with Gasteiger partial charge in [-0.3, -0.25) is 0 Å². The van der Waals surface area contributed by atoms with Gasteiger partial charge in [0.1, 0.15) is 24.7 Å². The molecule has 0 amide bonds. The van der Waals surface area contributed by atoms with Crippen LogP contribution in [-0.4, -0.2) is 46.5 Å². The van der Waals surface area contributed by atoms with Crippen molar-refractivity contribution in [3.8, 4) is 5.75 Å². The molecule has 31 heavy (non-hydrogen) atoms. The van der Waals surface area contributed by atoms with E-state index in [4.69, 9.17) is 4.74 Å². The van der Waals surface area contributed by atoms with Crippen LogP contribution < -0.4 is 4.74 Å². The van der Waals surface area contributed by atoms with Crippen molar-refractivity contribution in [3.63, 3.8) is 0 Å². The number of ether oxygens (including phenoxy) is 1. The first-order valence-corrected chi connectivity index (χ1v) is 10.3. The third kappa shape index (κ3) is 8.12. The zero-order chi connectivity index (χ0) is 22.9. The first-order valence-electron chi connectivity index (χ1n) is 10.3. The fourth-order valence-electron chi connectivity index (χ4n) is 3.65. The lowest BCUT2D eigenvalue weighted by atomic mass is 9.89. The minimum Gasteiger partial charge on any atom is -0.491 e. The molecule has 1 aliphatic carbocycles. The lowest BCUT2D eigenvalue weighted by Gasteiger charge is -2.19. The minimum atomic E-state index is -4.48. The van der Waals surface area contributed by atoms with Gasteiger partial charge in [0, 0.05) is 18.8 Å². The predicted molar refractivity (Wildman–Crippen MR) is 109 cm³/mol. The topological polar surface area (TPSA) is 87.0 Å².